The molecular weight excluding hydrogens is 607 g/mol. The average molecular weight is 633 g/mol. The minimum absolute atomic E-state index is 0. The quantitative estimate of drug-likeness (QED) is 0.258. The van der Waals surface area contributed by atoms with E-state index in [1.165, 1.54) is 55.7 Å². The maximum absolute atomic E-state index is 6.05. The van der Waals surface area contributed by atoms with Crippen LogP contribution in [-0.4, -0.2) is 0 Å². The zero-order valence-electron chi connectivity index (χ0n) is 23.1. The normalized spacial score (nSPS) is 16.2. The van der Waals surface area contributed by atoms with E-state index < -0.39 is 19.2 Å². The number of hydrogen-bond acceptors (Lipinski definition) is 2. The molecule has 5 heteroatoms. The monoisotopic (exact) mass is 632 g/mol. The standard InChI is InChI=1S/2C19H13O.2ClH.Ti/c2*1-2-6-14(7-3-1)17-9-4-8-15-12-16(13-18(15)17)19-10-5-11-20-19;;;/h2*1-13H;2*1H;/q;;;;+2/p-2. The van der Waals surface area contributed by atoms with E-state index in [0.717, 1.165) is 11.5 Å². The molecule has 2 aliphatic rings. The van der Waals surface area contributed by atoms with E-state index in [2.05, 4.69) is 121 Å². The smallest absolute Gasteiger partial charge is 1.00 e. The molecule has 0 fully saturated rings. The Labute approximate surface area is 272 Å². The van der Waals surface area contributed by atoms with Crippen LogP contribution in [0.5, 0.6) is 0 Å². The molecule has 2 atom stereocenters. The average Bonchev–Trinajstić information content (AvgIpc) is 3.85. The molecule has 2 aromatic heterocycles. The largest absolute Gasteiger partial charge is 1.00 e. The van der Waals surface area contributed by atoms with Crippen molar-refractivity contribution in [1.29, 1.82) is 0 Å². The van der Waals surface area contributed by atoms with Crippen LogP contribution in [0.15, 0.2) is 143 Å². The Morgan fingerprint density at radius 2 is 0.884 bits per heavy atom. The predicted octanol–water partition coefficient (Wildman–Crippen LogP) is 4.19. The summed E-state index contributed by atoms with van der Waals surface area (Å²) in [6.45, 7) is 0. The van der Waals surface area contributed by atoms with Crippen LogP contribution in [0.4, 0.5) is 0 Å². The molecule has 2 aliphatic carbocycles. The number of fused-ring (bicyclic) bond motifs is 2. The van der Waals surface area contributed by atoms with Gasteiger partial charge in [-0.25, -0.2) is 0 Å². The van der Waals surface area contributed by atoms with Gasteiger partial charge in [-0.05, 0) is 0 Å². The van der Waals surface area contributed by atoms with Crippen molar-refractivity contribution in [3.05, 3.63) is 168 Å². The Morgan fingerprint density at radius 1 is 0.442 bits per heavy atom. The van der Waals surface area contributed by atoms with Crippen molar-refractivity contribution in [2.75, 3.05) is 0 Å². The summed E-state index contributed by atoms with van der Waals surface area (Å²) in [5.74, 6) is 1.93. The van der Waals surface area contributed by atoms with Crippen molar-refractivity contribution in [1.82, 2.24) is 0 Å². The Hall–Kier alpha value is -3.79. The first-order valence-corrected chi connectivity index (χ1v) is 15.8. The third-order valence-electron chi connectivity index (χ3n) is 8.24. The second-order valence-corrected chi connectivity index (χ2v) is 12.9. The molecule has 0 aliphatic heterocycles. The summed E-state index contributed by atoms with van der Waals surface area (Å²) in [6.07, 6.45) is 8.35. The third-order valence-corrected chi connectivity index (χ3v) is 11.2. The summed E-state index contributed by atoms with van der Waals surface area (Å²) in [5, 5.41) is 0. The SMILES string of the molecule is C1=C(c2ccco2)[CH]([Ti+2][CH]2C(c3ccco3)=Cc3c(-c4ccccc4)cccc32)c2cccc(-c3ccccc3)c21.[Cl-].[Cl-]. The van der Waals surface area contributed by atoms with Gasteiger partial charge in [0.2, 0.25) is 0 Å². The van der Waals surface area contributed by atoms with E-state index in [-0.39, 0.29) is 24.8 Å². The van der Waals surface area contributed by atoms with Crippen molar-refractivity contribution in [3.8, 4) is 22.3 Å². The number of rotatable bonds is 6. The van der Waals surface area contributed by atoms with Gasteiger partial charge in [0.05, 0.1) is 0 Å². The summed E-state index contributed by atoms with van der Waals surface area (Å²) in [5.41, 5.74) is 13.1. The number of benzene rings is 4. The summed E-state index contributed by atoms with van der Waals surface area (Å²) < 4.78 is 12.7. The van der Waals surface area contributed by atoms with Crippen LogP contribution in [0.2, 0.25) is 0 Å². The molecule has 0 saturated carbocycles. The minimum Gasteiger partial charge on any atom is -1.00 e. The fourth-order valence-electron chi connectivity index (χ4n) is 6.38. The van der Waals surface area contributed by atoms with Crippen molar-refractivity contribution in [2.24, 2.45) is 0 Å². The van der Waals surface area contributed by atoms with Crippen molar-refractivity contribution >= 4 is 23.3 Å². The van der Waals surface area contributed by atoms with Gasteiger partial charge in [0.1, 0.15) is 0 Å². The summed E-state index contributed by atoms with van der Waals surface area (Å²) in [4.78, 5) is 0. The zero-order chi connectivity index (χ0) is 27.2. The van der Waals surface area contributed by atoms with E-state index in [0.29, 0.717) is 8.45 Å². The number of halogens is 2. The second-order valence-electron chi connectivity index (χ2n) is 10.5. The van der Waals surface area contributed by atoms with Crippen LogP contribution < -0.4 is 24.8 Å². The van der Waals surface area contributed by atoms with Gasteiger partial charge >= 0.3 is 250 Å². The molecule has 6 aromatic rings. The fraction of sp³-hybridized carbons (Fsp3) is 0.0526. The van der Waals surface area contributed by atoms with Crippen molar-refractivity contribution in [3.63, 3.8) is 0 Å². The number of furan rings is 2. The second kappa shape index (κ2) is 12.4. The van der Waals surface area contributed by atoms with Crippen LogP contribution in [0.3, 0.4) is 0 Å². The van der Waals surface area contributed by atoms with Gasteiger partial charge in [0.25, 0.3) is 0 Å². The molecule has 208 valence electrons. The Bertz CT molecular complexity index is 1770. The molecule has 0 spiro atoms. The molecule has 2 unspecified atom stereocenters. The van der Waals surface area contributed by atoms with Gasteiger partial charge in [-0.1, -0.05) is 0 Å². The molecule has 43 heavy (non-hydrogen) atoms. The topological polar surface area (TPSA) is 26.3 Å². The van der Waals surface area contributed by atoms with Crippen LogP contribution in [0.25, 0.3) is 45.6 Å². The fourth-order valence-corrected chi connectivity index (χ4v) is 9.51. The molecule has 0 radical (unpaired) electrons. The van der Waals surface area contributed by atoms with Crippen LogP contribution in [0, 0.1) is 0 Å². The Morgan fingerprint density at radius 3 is 1.28 bits per heavy atom. The molecule has 4 aromatic carbocycles. The number of hydrogen-bond donors (Lipinski definition) is 0. The molecule has 0 saturated heterocycles. The first-order valence-electron chi connectivity index (χ1n) is 14.0. The van der Waals surface area contributed by atoms with Crippen molar-refractivity contribution in [2.45, 2.75) is 8.45 Å². The van der Waals surface area contributed by atoms with E-state index in [4.69, 9.17) is 8.83 Å². The van der Waals surface area contributed by atoms with Gasteiger partial charge in [-0.2, -0.15) is 0 Å². The predicted molar refractivity (Wildman–Crippen MR) is 162 cm³/mol. The molecule has 0 N–H and O–H groups in total. The van der Waals surface area contributed by atoms with E-state index in [1.54, 1.807) is 12.5 Å². The van der Waals surface area contributed by atoms with Crippen LogP contribution >= 0.6 is 0 Å². The first kappa shape index (κ1) is 29.3. The van der Waals surface area contributed by atoms with Gasteiger partial charge in [0.15, 0.2) is 0 Å². The summed E-state index contributed by atoms with van der Waals surface area (Å²) in [7, 11) is 0. The van der Waals surface area contributed by atoms with Crippen LogP contribution in [-0.2, 0) is 19.2 Å². The molecule has 2 heterocycles. The number of allylic oxidation sites excluding steroid dienone is 2. The Kier molecular flexibility index (Phi) is 8.48. The van der Waals surface area contributed by atoms with E-state index in [1.807, 2.05) is 12.1 Å². The van der Waals surface area contributed by atoms with Gasteiger partial charge in [-0.3, -0.25) is 0 Å². The molecule has 2 nitrogen and oxygen atoms in total. The maximum atomic E-state index is 6.05. The zero-order valence-corrected chi connectivity index (χ0v) is 26.2. The Balaban J connectivity index is 0.00000165. The first-order chi connectivity index (χ1) is 20.3. The van der Waals surface area contributed by atoms with E-state index in [9.17, 15) is 0 Å². The van der Waals surface area contributed by atoms with E-state index >= 15 is 0 Å². The van der Waals surface area contributed by atoms with Gasteiger partial charge in [-0.15, -0.1) is 0 Å². The van der Waals surface area contributed by atoms with Crippen molar-refractivity contribution < 1.29 is 52.8 Å². The molecule has 8 rings (SSSR count). The maximum Gasteiger partial charge on any atom is -1.00 e. The third kappa shape index (κ3) is 5.20. The molecule has 0 bridgehead atoms. The molecule has 0 amide bonds. The van der Waals surface area contributed by atoms with Gasteiger partial charge < -0.3 is 24.8 Å². The minimum atomic E-state index is -0.665. The van der Waals surface area contributed by atoms with Gasteiger partial charge in [0, 0.05) is 0 Å². The summed E-state index contributed by atoms with van der Waals surface area (Å²) >= 11 is -0.665. The molecular formula is C38H26Cl2O2Ti. The van der Waals surface area contributed by atoms with Crippen LogP contribution in [0.1, 0.15) is 42.2 Å². The summed E-state index contributed by atoms with van der Waals surface area (Å²) in [6, 6.07) is 43.3.